The highest BCUT2D eigenvalue weighted by Gasteiger charge is 2.34. The van der Waals surface area contributed by atoms with Gasteiger partial charge in [-0.1, -0.05) is 25.4 Å². The fraction of sp³-hybridized carbons (Fsp3) is 0.167. The van der Waals surface area contributed by atoms with Gasteiger partial charge in [0, 0.05) is 35.3 Å². The molecule has 1 fully saturated rings. The van der Waals surface area contributed by atoms with Crippen molar-refractivity contribution in [2.75, 3.05) is 6.54 Å². The van der Waals surface area contributed by atoms with Gasteiger partial charge in [0.15, 0.2) is 5.17 Å². The Balaban J connectivity index is 1.60. The van der Waals surface area contributed by atoms with Gasteiger partial charge in [-0.2, -0.15) is 0 Å². The standard InChI is InChI=1S/C24H20ClN3O4S/c1-15(2)14-27-23(29)22(33-24(27)26-18-7-5-17(25)6-8-18)13-20-11-12-21(32-20)16-3-9-19(10-4-16)28(30)31/h3-13,15H,14H2,1-2H3/b22-13-,26-24?. The van der Waals surface area contributed by atoms with Crippen LogP contribution >= 0.6 is 23.4 Å². The summed E-state index contributed by atoms with van der Waals surface area (Å²) < 4.78 is 5.88. The van der Waals surface area contributed by atoms with Crippen LogP contribution in [-0.4, -0.2) is 27.4 Å². The van der Waals surface area contributed by atoms with Crippen LogP contribution in [0.4, 0.5) is 11.4 Å². The predicted octanol–water partition coefficient (Wildman–Crippen LogP) is 6.77. The summed E-state index contributed by atoms with van der Waals surface area (Å²) >= 11 is 7.26. The van der Waals surface area contributed by atoms with Crippen molar-refractivity contribution in [3.05, 3.63) is 86.5 Å². The second-order valence-corrected chi connectivity index (χ2v) is 9.24. The van der Waals surface area contributed by atoms with E-state index >= 15 is 0 Å². The summed E-state index contributed by atoms with van der Waals surface area (Å²) in [6, 6.07) is 16.8. The number of thioether (sulfide) groups is 1. The van der Waals surface area contributed by atoms with Crippen LogP contribution in [0.3, 0.4) is 0 Å². The smallest absolute Gasteiger partial charge is 0.269 e. The number of rotatable bonds is 6. The number of carbonyl (C=O) groups is 1. The predicted molar refractivity (Wildman–Crippen MR) is 131 cm³/mol. The fourth-order valence-corrected chi connectivity index (χ4v) is 4.32. The lowest BCUT2D eigenvalue weighted by Gasteiger charge is -2.17. The average Bonchev–Trinajstić information content (AvgIpc) is 3.36. The molecule has 33 heavy (non-hydrogen) atoms. The van der Waals surface area contributed by atoms with Gasteiger partial charge in [0.05, 0.1) is 15.5 Å². The molecule has 0 saturated carbocycles. The fourth-order valence-electron chi connectivity index (χ4n) is 3.21. The van der Waals surface area contributed by atoms with Gasteiger partial charge < -0.3 is 4.42 Å². The molecule has 0 radical (unpaired) electrons. The second kappa shape index (κ2) is 9.64. The highest BCUT2D eigenvalue weighted by atomic mass is 35.5. The lowest BCUT2D eigenvalue weighted by atomic mass is 10.1. The lowest BCUT2D eigenvalue weighted by molar-refractivity contribution is -0.384. The number of nitrogens with zero attached hydrogens (tertiary/aromatic N) is 3. The van der Waals surface area contributed by atoms with E-state index in [9.17, 15) is 14.9 Å². The SMILES string of the molecule is CC(C)CN1C(=O)/C(=C/c2ccc(-c3ccc([N+](=O)[O-])cc3)o2)SC1=Nc1ccc(Cl)cc1. The number of furan rings is 1. The third-order valence-corrected chi connectivity index (χ3v) is 6.01. The zero-order chi connectivity index (χ0) is 23.5. The third kappa shape index (κ3) is 5.35. The minimum Gasteiger partial charge on any atom is -0.457 e. The van der Waals surface area contributed by atoms with Crippen molar-refractivity contribution in [3.63, 3.8) is 0 Å². The number of halogens is 1. The van der Waals surface area contributed by atoms with Crippen LogP contribution in [0.2, 0.25) is 5.02 Å². The van der Waals surface area contributed by atoms with Crippen LogP contribution in [0, 0.1) is 16.0 Å². The van der Waals surface area contributed by atoms with Gasteiger partial charge in [-0.25, -0.2) is 4.99 Å². The highest BCUT2D eigenvalue weighted by Crippen LogP contribution is 2.35. The molecule has 4 rings (SSSR count). The summed E-state index contributed by atoms with van der Waals surface area (Å²) in [4.78, 5) is 30.3. The molecule has 2 heterocycles. The number of non-ortho nitro benzene ring substituents is 1. The molecular weight excluding hydrogens is 462 g/mol. The Morgan fingerprint density at radius 3 is 2.45 bits per heavy atom. The number of nitro groups is 1. The molecule has 1 saturated heterocycles. The van der Waals surface area contributed by atoms with E-state index in [1.807, 2.05) is 13.8 Å². The van der Waals surface area contributed by atoms with Crippen LogP contribution in [0.1, 0.15) is 19.6 Å². The number of hydrogen-bond acceptors (Lipinski definition) is 6. The topological polar surface area (TPSA) is 89.0 Å². The van der Waals surface area contributed by atoms with Crippen molar-refractivity contribution >= 4 is 51.9 Å². The van der Waals surface area contributed by atoms with E-state index in [-0.39, 0.29) is 17.5 Å². The van der Waals surface area contributed by atoms with Gasteiger partial charge in [-0.05, 0) is 66.2 Å². The quantitative estimate of drug-likeness (QED) is 0.220. The maximum Gasteiger partial charge on any atom is 0.269 e. The number of aliphatic imine (C=N–C) groups is 1. The number of benzene rings is 2. The lowest BCUT2D eigenvalue weighted by Crippen LogP contribution is -2.32. The first kappa shape index (κ1) is 22.8. The Labute approximate surface area is 199 Å². The minimum atomic E-state index is -0.448. The number of amides is 1. The van der Waals surface area contributed by atoms with Crippen molar-refractivity contribution in [1.82, 2.24) is 4.90 Å². The molecule has 1 amide bonds. The number of carbonyl (C=O) groups excluding carboxylic acids is 1. The number of hydrogen-bond donors (Lipinski definition) is 0. The molecule has 0 spiro atoms. The van der Waals surface area contributed by atoms with Gasteiger partial charge in [0.25, 0.3) is 11.6 Å². The largest absolute Gasteiger partial charge is 0.457 e. The molecule has 1 aromatic heterocycles. The molecule has 9 heteroatoms. The first-order valence-corrected chi connectivity index (χ1v) is 11.4. The molecule has 0 N–H and O–H groups in total. The van der Waals surface area contributed by atoms with E-state index in [2.05, 4.69) is 4.99 Å². The Morgan fingerprint density at radius 1 is 1.12 bits per heavy atom. The summed E-state index contributed by atoms with van der Waals surface area (Å²) in [6.07, 6.45) is 1.69. The minimum absolute atomic E-state index is 0.0124. The van der Waals surface area contributed by atoms with Crippen molar-refractivity contribution in [3.8, 4) is 11.3 Å². The van der Waals surface area contributed by atoms with Crippen molar-refractivity contribution in [1.29, 1.82) is 0 Å². The van der Waals surface area contributed by atoms with Crippen LogP contribution in [0.25, 0.3) is 17.4 Å². The summed E-state index contributed by atoms with van der Waals surface area (Å²) in [6.45, 7) is 4.63. The van der Waals surface area contributed by atoms with E-state index in [0.717, 1.165) is 0 Å². The second-order valence-electron chi connectivity index (χ2n) is 7.80. The first-order valence-electron chi connectivity index (χ1n) is 10.2. The van der Waals surface area contributed by atoms with Crippen molar-refractivity contribution in [2.24, 2.45) is 10.9 Å². The Morgan fingerprint density at radius 2 is 1.82 bits per heavy atom. The van der Waals surface area contributed by atoms with E-state index in [4.69, 9.17) is 16.0 Å². The summed E-state index contributed by atoms with van der Waals surface area (Å²) in [5.74, 6) is 1.20. The normalized spacial score (nSPS) is 16.4. The molecular formula is C24H20ClN3O4S. The Bertz CT molecular complexity index is 1250. The van der Waals surface area contributed by atoms with Gasteiger partial charge in [0.2, 0.25) is 0 Å². The van der Waals surface area contributed by atoms with E-state index in [1.165, 1.54) is 23.9 Å². The Hall–Kier alpha value is -3.36. The van der Waals surface area contributed by atoms with E-state index in [0.29, 0.717) is 44.4 Å². The maximum absolute atomic E-state index is 13.1. The van der Waals surface area contributed by atoms with E-state index < -0.39 is 4.92 Å². The average molecular weight is 482 g/mol. The molecule has 1 aliphatic heterocycles. The molecule has 168 valence electrons. The van der Waals surface area contributed by atoms with Gasteiger partial charge in [-0.15, -0.1) is 0 Å². The molecule has 0 aliphatic carbocycles. The number of amidine groups is 1. The third-order valence-electron chi connectivity index (χ3n) is 4.75. The van der Waals surface area contributed by atoms with Crippen LogP contribution in [0.15, 0.2) is 75.0 Å². The van der Waals surface area contributed by atoms with Gasteiger partial charge in [0.1, 0.15) is 11.5 Å². The molecule has 0 atom stereocenters. The van der Waals surface area contributed by atoms with Gasteiger partial charge >= 0.3 is 0 Å². The zero-order valence-corrected chi connectivity index (χ0v) is 19.5. The molecule has 3 aromatic rings. The zero-order valence-electron chi connectivity index (χ0n) is 17.9. The van der Waals surface area contributed by atoms with Crippen LogP contribution in [-0.2, 0) is 4.79 Å². The molecule has 0 unspecified atom stereocenters. The molecule has 0 bridgehead atoms. The maximum atomic E-state index is 13.1. The molecule has 7 nitrogen and oxygen atoms in total. The summed E-state index contributed by atoms with van der Waals surface area (Å²) in [7, 11) is 0. The Kier molecular flexibility index (Phi) is 6.67. The van der Waals surface area contributed by atoms with Crippen LogP contribution in [0.5, 0.6) is 0 Å². The highest BCUT2D eigenvalue weighted by molar-refractivity contribution is 8.18. The van der Waals surface area contributed by atoms with Gasteiger partial charge in [-0.3, -0.25) is 19.8 Å². The van der Waals surface area contributed by atoms with Crippen molar-refractivity contribution < 1.29 is 14.1 Å². The first-order chi connectivity index (χ1) is 15.8. The summed E-state index contributed by atoms with van der Waals surface area (Å²) in [5, 5.41) is 12.1. The van der Waals surface area contributed by atoms with Crippen LogP contribution < -0.4 is 0 Å². The van der Waals surface area contributed by atoms with Crippen molar-refractivity contribution in [2.45, 2.75) is 13.8 Å². The molecule has 1 aliphatic rings. The monoisotopic (exact) mass is 481 g/mol. The number of nitro benzene ring substituents is 1. The molecule has 2 aromatic carbocycles. The van der Waals surface area contributed by atoms with E-state index in [1.54, 1.807) is 59.5 Å². The summed E-state index contributed by atoms with van der Waals surface area (Å²) in [5.41, 5.74) is 1.43.